The van der Waals surface area contributed by atoms with Crippen molar-refractivity contribution >= 4 is 31.1 Å². The van der Waals surface area contributed by atoms with Crippen LogP contribution in [0.25, 0.3) is 11.0 Å². The van der Waals surface area contributed by atoms with Gasteiger partial charge in [0.05, 0.1) is 30.1 Å². The van der Waals surface area contributed by atoms with Crippen LogP contribution >= 0.6 is 0 Å². The van der Waals surface area contributed by atoms with Crippen molar-refractivity contribution in [3.05, 3.63) is 65.2 Å². The fourth-order valence-electron chi connectivity index (χ4n) is 7.43. The molecule has 2 saturated heterocycles. The molecule has 1 aromatic heterocycles. The summed E-state index contributed by atoms with van der Waals surface area (Å²) in [5, 5.41) is 2.87. The van der Waals surface area contributed by atoms with Crippen LogP contribution in [0.4, 0.5) is 26.7 Å². The molecule has 1 atom stereocenters. The second-order valence-electron chi connectivity index (χ2n) is 15.6. The van der Waals surface area contributed by atoms with Crippen LogP contribution in [0, 0.1) is 11.7 Å². The van der Waals surface area contributed by atoms with Crippen LogP contribution in [-0.4, -0.2) is 79.3 Å². The van der Waals surface area contributed by atoms with Gasteiger partial charge in [-0.3, -0.25) is 9.36 Å². The van der Waals surface area contributed by atoms with Gasteiger partial charge in [-0.25, -0.2) is 31.7 Å². The van der Waals surface area contributed by atoms with Crippen molar-refractivity contribution in [3.8, 4) is 0 Å². The molecule has 0 bridgehead atoms. The lowest BCUT2D eigenvalue weighted by atomic mass is 9.72. The minimum Gasteiger partial charge on any atom is -0.445 e. The van der Waals surface area contributed by atoms with Crippen molar-refractivity contribution in [3.63, 3.8) is 0 Å². The van der Waals surface area contributed by atoms with Crippen molar-refractivity contribution in [2.45, 2.75) is 101 Å². The van der Waals surface area contributed by atoms with Crippen LogP contribution < -0.4 is 5.32 Å². The Bertz CT molecular complexity index is 1730. The number of hydrogen-bond acceptors (Lipinski definition) is 6. The van der Waals surface area contributed by atoms with Gasteiger partial charge in [0.25, 0.3) is 5.92 Å². The number of fused-ring (bicyclic) bond motifs is 1. The van der Waals surface area contributed by atoms with Crippen LogP contribution in [0.1, 0.15) is 61.5 Å². The highest BCUT2D eigenvalue weighted by Gasteiger charge is 2.54. The summed E-state index contributed by atoms with van der Waals surface area (Å²) in [5.74, 6) is -7.46. The first-order valence-electron chi connectivity index (χ1n) is 17.9. The van der Waals surface area contributed by atoms with E-state index >= 15 is 4.39 Å². The summed E-state index contributed by atoms with van der Waals surface area (Å²) < 4.78 is 92.6. The number of halogens is 5. The van der Waals surface area contributed by atoms with Gasteiger partial charge in [0.2, 0.25) is 11.8 Å². The van der Waals surface area contributed by atoms with E-state index in [9.17, 15) is 27.2 Å². The monoisotopic (exact) mass is 750 g/mol. The van der Waals surface area contributed by atoms with Crippen molar-refractivity contribution in [2.24, 2.45) is 5.92 Å². The number of benzene rings is 2. The van der Waals surface area contributed by atoms with E-state index in [1.807, 2.05) is 18.2 Å². The molecule has 1 saturated carbocycles. The number of nitrogens with zero attached hydrogens (tertiary/aromatic N) is 3. The minimum absolute atomic E-state index is 0.0127. The lowest BCUT2D eigenvalue weighted by molar-refractivity contribution is -0.174. The molecule has 9 nitrogen and oxygen atoms in total. The third-order valence-electron chi connectivity index (χ3n) is 10.5. The first-order chi connectivity index (χ1) is 24.6. The highest BCUT2D eigenvalue weighted by molar-refractivity contribution is 6.76. The third kappa shape index (κ3) is 8.46. The van der Waals surface area contributed by atoms with Crippen molar-refractivity contribution in [2.75, 3.05) is 32.9 Å². The van der Waals surface area contributed by atoms with Crippen LogP contribution in [0.5, 0.6) is 0 Å². The number of amides is 2. The van der Waals surface area contributed by atoms with Gasteiger partial charge in [0.15, 0.2) is 5.82 Å². The Morgan fingerprint density at radius 1 is 0.981 bits per heavy atom. The molecule has 0 unspecified atom stereocenters. The van der Waals surface area contributed by atoms with E-state index in [2.05, 4.69) is 25.0 Å². The number of nitrogens with one attached hydrogen (secondary N) is 1. The zero-order valence-corrected chi connectivity index (χ0v) is 30.9. The number of imidazole rings is 1. The molecule has 1 N–H and O–H groups in total. The van der Waals surface area contributed by atoms with E-state index in [1.54, 1.807) is 18.2 Å². The molecule has 284 valence electrons. The van der Waals surface area contributed by atoms with Gasteiger partial charge in [-0.2, -0.15) is 0 Å². The Labute approximate surface area is 301 Å². The SMILES string of the molecule is C[Si](C)(C)CCOCn1c([C@@H](NC(=O)OCc2ccccc2)C2CCC(F)(F)CC2)nc2ccc(C3(C(=O)N4CC(F)(F)C4)CCOCC3)c(F)c21. The van der Waals surface area contributed by atoms with Crippen LogP contribution in [0.2, 0.25) is 25.7 Å². The van der Waals surface area contributed by atoms with Crippen molar-refractivity contribution in [1.82, 2.24) is 19.8 Å². The summed E-state index contributed by atoms with van der Waals surface area (Å²) in [7, 11) is -1.53. The summed E-state index contributed by atoms with van der Waals surface area (Å²) in [6.07, 6.45) is -1.23. The molecule has 52 heavy (non-hydrogen) atoms. The second-order valence-corrected chi connectivity index (χ2v) is 21.3. The molecule has 15 heteroatoms. The average molecular weight is 751 g/mol. The second kappa shape index (κ2) is 15.1. The standard InChI is InChI=1S/C37H47F5N4O5Si/c1-52(2,3)20-19-50-24-46-31-28(10-9-27(29(31)38)35(15-17-49-18-16-35)33(47)45-22-37(41,42)23-45)43-32(46)30(26-11-13-36(39,40)14-12-26)44-34(48)51-21-25-7-5-4-6-8-25/h4-10,26,30H,11-24H2,1-3H3,(H,44,48)/t30-/m0/s1. The molecule has 3 aromatic rings. The van der Waals surface area contributed by atoms with E-state index in [-0.39, 0.29) is 87.5 Å². The van der Waals surface area contributed by atoms with Crippen LogP contribution in [0.15, 0.2) is 42.5 Å². The molecule has 3 heterocycles. The quantitative estimate of drug-likeness (QED) is 0.115. The fraction of sp³-hybridized carbons (Fsp3) is 0.595. The van der Waals surface area contributed by atoms with E-state index in [0.717, 1.165) is 16.5 Å². The van der Waals surface area contributed by atoms with Crippen LogP contribution in [0.3, 0.4) is 0 Å². The zero-order chi connectivity index (χ0) is 37.3. The number of ether oxygens (including phenoxy) is 3. The predicted octanol–water partition coefficient (Wildman–Crippen LogP) is 7.81. The molecular formula is C37H47F5N4O5Si. The van der Waals surface area contributed by atoms with E-state index in [4.69, 9.17) is 19.2 Å². The molecule has 3 fully saturated rings. The Hall–Kier alpha value is -3.56. The summed E-state index contributed by atoms with van der Waals surface area (Å²) in [4.78, 5) is 33.1. The fourth-order valence-corrected chi connectivity index (χ4v) is 8.19. The first-order valence-corrected chi connectivity index (χ1v) is 21.7. The number of carbonyl (C=O) groups is 2. The molecule has 0 radical (unpaired) electrons. The number of aromatic nitrogens is 2. The number of carbonyl (C=O) groups excluding carboxylic acids is 2. The molecule has 2 aliphatic heterocycles. The Morgan fingerprint density at radius 3 is 2.29 bits per heavy atom. The normalized spacial score (nSPS) is 20.7. The maximum absolute atomic E-state index is 17.3. The summed E-state index contributed by atoms with van der Waals surface area (Å²) in [6.45, 7) is 5.56. The summed E-state index contributed by atoms with van der Waals surface area (Å²) in [6, 6.07) is 12.0. The van der Waals surface area contributed by atoms with E-state index in [0.29, 0.717) is 6.61 Å². The lowest BCUT2D eigenvalue weighted by Crippen LogP contribution is -2.63. The molecule has 3 aliphatic rings. The van der Waals surface area contributed by atoms with Gasteiger partial charge in [-0.15, -0.1) is 0 Å². The van der Waals surface area contributed by atoms with Gasteiger partial charge in [0.1, 0.15) is 24.7 Å². The average Bonchev–Trinajstić information content (AvgIpc) is 3.46. The largest absolute Gasteiger partial charge is 0.445 e. The molecule has 6 rings (SSSR count). The van der Waals surface area contributed by atoms with Gasteiger partial charge in [0, 0.05) is 46.3 Å². The number of hydrogen-bond donors (Lipinski definition) is 1. The van der Waals surface area contributed by atoms with Gasteiger partial charge in [-0.05, 0) is 49.3 Å². The van der Waals surface area contributed by atoms with E-state index < -0.39 is 68.2 Å². The topological polar surface area (TPSA) is 94.9 Å². The number of likely N-dealkylation sites (tertiary alicyclic amines) is 1. The lowest BCUT2D eigenvalue weighted by Gasteiger charge is -2.46. The smallest absolute Gasteiger partial charge is 0.408 e. The van der Waals surface area contributed by atoms with Crippen LogP contribution in [-0.2, 0) is 37.8 Å². The molecule has 1 aliphatic carbocycles. The molecular weight excluding hydrogens is 704 g/mol. The Morgan fingerprint density at radius 2 is 1.65 bits per heavy atom. The first kappa shape index (κ1) is 38.2. The van der Waals surface area contributed by atoms with Gasteiger partial charge in [-0.1, -0.05) is 56.0 Å². The van der Waals surface area contributed by atoms with Crippen molar-refractivity contribution in [1.29, 1.82) is 0 Å². The van der Waals surface area contributed by atoms with Gasteiger partial charge < -0.3 is 24.4 Å². The van der Waals surface area contributed by atoms with Gasteiger partial charge >= 0.3 is 6.09 Å². The number of alkyl carbamates (subject to hydrolysis) is 1. The Kier molecular flexibility index (Phi) is 11.0. The summed E-state index contributed by atoms with van der Waals surface area (Å²) >= 11 is 0. The predicted molar refractivity (Wildman–Crippen MR) is 186 cm³/mol. The number of rotatable bonds is 12. The highest BCUT2D eigenvalue weighted by atomic mass is 28.3. The number of alkyl halides is 4. The van der Waals surface area contributed by atoms with E-state index in [1.165, 1.54) is 10.6 Å². The maximum Gasteiger partial charge on any atom is 0.408 e. The maximum atomic E-state index is 17.3. The molecule has 0 spiro atoms. The molecule has 2 amide bonds. The Balaban J connectivity index is 1.41. The highest BCUT2D eigenvalue weighted by Crippen LogP contribution is 2.45. The zero-order valence-electron chi connectivity index (χ0n) is 29.9. The third-order valence-corrected chi connectivity index (χ3v) is 12.2. The van der Waals surface area contributed by atoms with Crippen molar-refractivity contribution < 1.29 is 45.8 Å². The minimum atomic E-state index is -3.00. The molecule has 2 aromatic carbocycles. The summed E-state index contributed by atoms with van der Waals surface area (Å²) in [5.41, 5.74) is -0.431.